The summed E-state index contributed by atoms with van der Waals surface area (Å²) < 4.78 is 10.8. The van der Waals surface area contributed by atoms with E-state index in [-0.39, 0.29) is 6.61 Å². The molecule has 17 heavy (non-hydrogen) atoms. The molecule has 7 nitrogen and oxygen atoms in total. The maximum absolute atomic E-state index is 10.8. The first-order valence-electron chi connectivity index (χ1n) is 5.09. The number of allylic oxidation sites excluding steroid dienone is 1. The van der Waals surface area contributed by atoms with Gasteiger partial charge < -0.3 is 25.7 Å². The minimum absolute atomic E-state index is 0.0197. The third-order valence-electron chi connectivity index (χ3n) is 2.02. The van der Waals surface area contributed by atoms with Crippen molar-refractivity contribution >= 4 is 13.6 Å². The Kier molecular flexibility index (Phi) is 7.26. The topological polar surface area (TPSA) is 141 Å². The lowest BCUT2D eigenvalue weighted by Crippen LogP contribution is -2.28. The molecule has 0 spiro atoms. The number of nitrogens with two attached hydrogens (primary N) is 1. The van der Waals surface area contributed by atoms with Crippen LogP contribution in [0.1, 0.15) is 19.3 Å². The fourth-order valence-corrected chi connectivity index (χ4v) is 2.06. The third kappa shape index (κ3) is 9.02. The number of aliphatic hydroxyl groups is 1. The van der Waals surface area contributed by atoms with Crippen molar-refractivity contribution in [1.29, 1.82) is 0 Å². The average molecular weight is 267 g/mol. The Bertz CT molecular complexity index is 323. The molecule has 0 radical (unpaired) electrons. The smallest absolute Gasteiger partial charge is 0.329 e. The molecule has 1 atom stereocenters. The lowest BCUT2D eigenvalue weighted by molar-refractivity contribution is -0.137. The first-order chi connectivity index (χ1) is 7.76. The maximum atomic E-state index is 10.8. The molecular formula is C9H18NO6P. The van der Waals surface area contributed by atoms with E-state index in [1.165, 1.54) is 0 Å². The average Bonchev–Trinajstić information content (AvgIpc) is 2.15. The van der Waals surface area contributed by atoms with Crippen LogP contribution in [0.3, 0.4) is 0 Å². The Morgan fingerprint density at radius 2 is 1.94 bits per heavy atom. The summed E-state index contributed by atoms with van der Waals surface area (Å²) in [6, 6.07) is -1.27. The van der Waals surface area contributed by atoms with Crippen LogP contribution < -0.4 is 5.73 Å². The van der Waals surface area contributed by atoms with Crippen molar-refractivity contribution in [2.75, 3.05) is 12.8 Å². The molecule has 100 valence electrons. The van der Waals surface area contributed by atoms with Crippen LogP contribution in [0.5, 0.6) is 0 Å². The lowest BCUT2D eigenvalue weighted by atomic mass is 10.1. The van der Waals surface area contributed by atoms with Crippen LogP contribution in [0.25, 0.3) is 0 Å². The van der Waals surface area contributed by atoms with Gasteiger partial charge >= 0.3 is 13.6 Å². The number of hydrogen-bond acceptors (Lipinski definition) is 4. The minimum Gasteiger partial charge on any atom is -0.480 e. The molecule has 0 aliphatic rings. The molecule has 8 heteroatoms. The molecule has 0 aliphatic carbocycles. The Morgan fingerprint density at radius 1 is 1.35 bits per heavy atom. The van der Waals surface area contributed by atoms with E-state index in [4.69, 9.17) is 25.7 Å². The highest BCUT2D eigenvalue weighted by atomic mass is 31.2. The SMILES string of the molecule is NC(/C=C(/CCCCO)CP(=O)(O)O)C(=O)O. The number of unbranched alkanes of at least 4 members (excludes halogenated alkanes) is 1. The predicted molar refractivity (Wildman–Crippen MR) is 61.5 cm³/mol. The van der Waals surface area contributed by atoms with Gasteiger partial charge in [0.15, 0.2) is 0 Å². The number of carbonyl (C=O) groups is 1. The molecule has 1 unspecified atom stereocenters. The zero-order valence-corrected chi connectivity index (χ0v) is 10.2. The van der Waals surface area contributed by atoms with Crippen molar-refractivity contribution in [2.24, 2.45) is 5.73 Å². The van der Waals surface area contributed by atoms with Crippen molar-refractivity contribution in [3.63, 3.8) is 0 Å². The Balaban J connectivity index is 4.60. The van der Waals surface area contributed by atoms with E-state index in [0.717, 1.165) is 6.08 Å². The summed E-state index contributed by atoms with van der Waals surface area (Å²) in [5, 5.41) is 17.2. The lowest BCUT2D eigenvalue weighted by Gasteiger charge is -2.10. The summed E-state index contributed by atoms with van der Waals surface area (Å²) in [7, 11) is -4.24. The summed E-state index contributed by atoms with van der Waals surface area (Å²) in [5.41, 5.74) is 5.57. The number of carboxylic acid groups (broad SMARTS) is 1. The first kappa shape index (κ1) is 16.3. The summed E-state index contributed by atoms with van der Waals surface area (Å²) >= 11 is 0. The van der Waals surface area contributed by atoms with Gasteiger partial charge in [-0.15, -0.1) is 0 Å². The van der Waals surface area contributed by atoms with Gasteiger partial charge in [-0.3, -0.25) is 9.36 Å². The van der Waals surface area contributed by atoms with Crippen LogP contribution in [0.4, 0.5) is 0 Å². The monoisotopic (exact) mass is 267 g/mol. The highest BCUT2D eigenvalue weighted by Crippen LogP contribution is 2.37. The molecule has 0 rings (SSSR count). The van der Waals surface area contributed by atoms with Crippen molar-refractivity contribution in [3.8, 4) is 0 Å². The third-order valence-corrected chi connectivity index (χ3v) is 2.83. The maximum Gasteiger partial charge on any atom is 0.329 e. The van der Waals surface area contributed by atoms with E-state index in [1.54, 1.807) is 0 Å². The van der Waals surface area contributed by atoms with E-state index < -0.39 is 25.8 Å². The van der Waals surface area contributed by atoms with E-state index >= 15 is 0 Å². The predicted octanol–water partition coefficient (Wildman–Crippen LogP) is -0.335. The van der Waals surface area contributed by atoms with Gasteiger partial charge in [-0.2, -0.15) is 0 Å². The van der Waals surface area contributed by atoms with E-state index in [2.05, 4.69) is 0 Å². The van der Waals surface area contributed by atoms with Gasteiger partial charge in [0.25, 0.3) is 0 Å². The van der Waals surface area contributed by atoms with Gasteiger partial charge in [0, 0.05) is 6.61 Å². The second-order valence-corrected chi connectivity index (χ2v) is 5.34. The quantitative estimate of drug-likeness (QED) is 0.230. The summed E-state index contributed by atoms with van der Waals surface area (Å²) in [6.07, 6.45) is 1.97. The van der Waals surface area contributed by atoms with E-state index in [9.17, 15) is 9.36 Å². The van der Waals surface area contributed by atoms with Gasteiger partial charge in [0.05, 0.1) is 6.16 Å². The first-order valence-corrected chi connectivity index (χ1v) is 6.89. The van der Waals surface area contributed by atoms with Gasteiger partial charge in [-0.1, -0.05) is 11.6 Å². The van der Waals surface area contributed by atoms with E-state index in [1.807, 2.05) is 0 Å². The minimum atomic E-state index is -4.24. The van der Waals surface area contributed by atoms with Crippen molar-refractivity contribution in [1.82, 2.24) is 0 Å². The molecule has 0 aromatic heterocycles. The molecule has 0 aromatic rings. The number of aliphatic carboxylic acids is 1. The van der Waals surface area contributed by atoms with Crippen LogP contribution in [-0.4, -0.2) is 44.8 Å². The van der Waals surface area contributed by atoms with Crippen LogP contribution in [-0.2, 0) is 9.36 Å². The zero-order chi connectivity index (χ0) is 13.5. The molecule has 0 bridgehead atoms. The largest absolute Gasteiger partial charge is 0.480 e. The highest BCUT2D eigenvalue weighted by Gasteiger charge is 2.18. The molecule has 0 aromatic carbocycles. The van der Waals surface area contributed by atoms with E-state index in [0.29, 0.717) is 24.8 Å². The molecule has 0 heterocycles. The normalized spacial score (nSPS) is 14.7. The molecule has 6 N–H and O–H groups in total. The molecule has 0 amide bonds. The number of hydrogen-bond donors (Lipinski definition) is 5. The fraction of sp³-hybridized carbons (Fsp3) is 0.667. The molecule has 0 saturated carbocycles. The fourth-order valence-electron chi connectivity index (χ4n) is 1.27. The second kappa shape index (κ2) is 7.58. The standard InChI is InChI=1S/C9H18NO6P/c10-8(9(12)13)5-7(3-1-2-4-11)6-17(14,15)16/h5,8,11H,1-4,6,10H2,(H,12,13)(H2,14,15,16)/b7-5-. The van der Waals surface area contributed by atoms with Crippen LogP contribution in [0.15, 0.2) is 11.6 Å². The summed E-state index contributed by atoms with van der Waals surface area (Å²) in [4.78, 5) is 28.2. The second-order valence-electron chi connectivity index (χ2n) is 3.69. The zero-order valence-electron chi connectivity index (χ0n) is 9.32. The van der Waals surface area contributed by atoms with Gasteiger partial charge in [0.1, 0.15) is 6.04 Å². The Morgan fingerprint density at radius 3 is 2.35 bits per heavy atom. The van der Waals surface area contributed by atoms with Crippen molar-refractivity contribution < 1.29 is 29.4 Å². The van der Waals surface area contributed by atoms with Crippen LogP contribution in [0, 0.1) is 0 Å². The van der Waals surface area contributed by atoms with Gasteiger partial charge in [-0.05, 0) is 19.3 Å². The van der Waals surface area contributed by atoms with Gasteiger partial charge in [-0.25, -0.2) is 0 Å². The highest BCUT2D eigenvalue weighted by molar-refractivity contribution is 7.52. The van der Waals surface area contributed by atoms with Crippen molar-refractivity contribution in [3.05, 3.63) is 11.6 Å². The molecule has 0 fully saturated rings. The van der Waals surface area contributed by atoms with Crippen molar-refractivity contribution in [2.45, 2.75) is 25.3 Å². The molecule has 0 aliphatic heterocycles. The van der Waals surface area contributed by atoms with Gasteiger partial charge in [0.2, 0.25) is 0 Å². The summed E-state index contributed by atoms with van der Waals surface area (Å²) in [5.74, 6) is -1.25. The molecule has 0 saturated heterocycles. The number of rotatable bonds is 8. The van der Waals surface area contributed by atoms with Crippen LogP contribution in [0.2, 0.25) is 0 Å². The number of aliphatic hydroxyl groups excluding tert-OH is 1. The number of carboxylic acids is 1. The van der Waals surface area contributed by atoms with Crippen LogP contribution >= 0.6 is 7.60 Å². The Labute approximate surface area is 99.1 Å². The Hall–Kier alpha value is -0.720. The molecular weight excluding hydrogens is 249 g/mol. The summed E-state index contributed by atoms with van der Waals surface area (Å²) in [6.45, 7) is -0.0197.